The fraction of sp³-hybridized carbons (Fsp3) is 0.889. The molecule has 0 amide bonds. The number of rotatable bonds is 3. The van der Waals surface area contributed by atoms with Crippen molar-refractivity contribution in [2.75, 3.05) is 13.2 Å². The first-order valence-corrected chi connectivity index (χ1v) is 7.19. The largest absolute Gasteiger partial charge is 0.409 e. The maximum atomic E-state index is 6.63. The highest BCUT2D eigenvalue weighted by Crippen LogP contribution is 2.36. The van der Waals surface area contributed by atoms with E-state index in [0.717, 1.165) is 0 Å². The van der Waals surface area contributed by atoms with Crippen molar-refractivity contribution in [3.8, 4) is 0 Å². The first-order chi connectivity index (χ1) is 5.31. The van der Waals surface area contributed by atoms with Gasteiger partial charge in [0, 0.05) is 0 Å². The number of hydrogen-bond acceptors (Lipinski definition) is 1. The maximum Gasteiger partial charge on any atom is 0.236 e. The van der Waals surface area contributed by atoms with E-state index >= 15 is 0 Å². The molecule has 0 fully saturated rings. The van der Waals surface area contributed by atoms with E-state index in [2.05, 4.69) is 38.7 Å². The topological polar surface area (TPSA) is 13.6 Å². The summed E-state index contributed by atoms with van der Waals surface area (Å²) in [5.41, 5.74) is 0. The summed E-state index contributed by atoms with van der Waals surface area (Å²) in [7, 11) is -1.59. The molecule has 0 aliphatic carbocycles. The van der Waals surface area contributed by atoms with Crippen molar-refractivity contribution in [3.63, 3.8) is 0 Å². The molecule has 70 valence electrons. The Morgan fingerprint density at radius 2 is 1.83 bits per heavy atom. The SMILES string of the molecule is [C-]#[N+]CCO[Si](C)(C)C(C)(C)C. The van der Waals surface area contributed by atoms with Crippen LogP contribution in [0.1, 0.15) is 20.8 Å². The smallest absolute Gasteiger partial charge is 0.236 e. The van der Waals surface area contributed by atoms with E-state index in [-0.39, 0.29) is 5.04 Å². The molecule has 0 rings (SSSR count). The normalized spacial score (nSPS) is 12.7. The van der Waals surface area contributed by atoms with Crippen LogP contribution < -0.4 is 0 Å². The Hall–Kier alpha value is -0.333. The molecule has 0 spiro atoms. The molecule has 2 nitrogen and oxygen atoms in total. The van der Waals surface area contributed by atoms with Crippen molar-refractivity contribution in [1.29, 1.82) is 0 Å². The molecule has 0 N–H and O–H groups in total. The van der Waals surface area contributed by atoms with Crippen LogP contribution >= 0.6 is 0 Å². The molecule has 0 aliphatic heterocycles. The lowest BCUT2D eigenvalue weighted by Gasteiger charge is -2.35. The fourth-order valence-corrected chi connectivity index (χ4v) is 1.60. The molecule has 0 aromatic heterocycles. The third-order valence-corrected chi connectivity index (χ3v) is 7.01. The maximum absolute atomic E-state index is 6.63. The van der Waals surface area contributed by atoms with E-state index in [9.17, 15) is 0 Å². The summed E-state index contributed by atoms with van der Waals surface area (Å²) in [5, 5.41) is 0.259. The minimum absolute atomic E-state index is 0.259. The van der Waals surface area contributed by atoms with E-state index in [1.54, 1.807) is 0 Å². The molecule has 0 saturated carbocycles. The zero-order valence-corrected chi connectivity index (χ0v) is 9.77. The Morgan fingerprint density at radius 1 is 1.33 bits per heavy atom. The van der Waals surface area contributed by atoms with Crippen LogP contribution in [0, 0.1) is 6.57 Å². The van der Waals surface area contributed by atoms with Gasteiger partial charge in [0.15, 0.2) is 8.32 Å². The van der Waals surface area contributed by atoms with Gasteiger partial charge < -0.3 is 9.27 Å². The highest BCUT2D eigenvalue weighted by molar-refractivity contribution is 6.74. The summed E-state index contributed by atoms with van der Waals surface area (Å²) in [6.45, 7) is 18.7. The van der Waals surface area contributed by atoms with E-state index in [4.69, 9.17) is 11.0 Å². The van der Waals surface area contributed by atoms with Crippen LogP contribution in [-0.4, -0.2) is 21.5 Å². The monoisotopic (exact) mass is 185 g/mol. The minimum atomic E-state index is -1.59. The quantitative estimate of drug-likeness (QED) is 0.374. The molecule has 0 aliphatic rings. The van der Waals surface area contributed by atoms with Crippen molar-refractivity contribution in [2.45, 2.75) is 38.9 Å². The Labute approximate surface area is 76.9 Å². The van der Waals surface area contributed by atoms with Crippen molar-refractivity contribution in [1.82, 2.24) is 0 Å². The zero-order valence-electron chi connectivity index (χ0n) is 8.77. The van der Waals surface area contributed by atoms with Crippen LogP contribution in [0.4, 0.5) is 0 Å². The van der Waals surface area contributed by atoms with Gasteiger partial charge in [0.05, 0.1) is 0 Å². The fourth-order valence-electron chi connectivity index (χ4n) is 0.563. The lowest BCUT2D eigenvalue weighted by molar-refractivity contribution is 0.304. The number of hydrogen-bond donors (Lipinski definition) is 0. The van der Waals surface area contributed by atoms with E-state index in [1.807, 2.05) is 0 Å². The van der Waals surface area contributed by atoms with E-state index in [0.29, 0.717) is 13.2 Å². The van der Waals surface area contributed by atoms with Gasteiger partial charge in [-0.05, 0) is 18.1 Å². The molecule has 0 heterocycles. The Kier molecular flexibility index (Phi) is 3.95. The molecular weight excluding hydrogens is 166 g/mol. The molecule has 0 radical (unpaired) electrons. The van der Waals surface area contributed by atoms with Gasteiger partial charge in [-0.15, -0.1) is 0 Å². The first kappa shape index (κ1) is 11.7. The number of nitrogens with zero attached hydrogens (tertiary/aromatic N) is 1. The lowest BCUT2D eigenvalue weighted by atomic mass is 10.2. The van der Waals surface area contributed by atoms with Crippen molar-refractivity contribution in [2.24, 2.45) is 0 Å². The molecule has 0 bridgehead atoms. The molecule has 0 atom stereocenters. The van der Waals surface area contributed by atoms with Gasteiger partial charge in [-0.3, -0.25) is 0 Å². The Balaban J connectivity index is 3.98. The summed E-state index contributed by atoms with van der Waals surface area (Å²) in [4.78, 5) is 3.27. The second kappa shape index (κ2) is 4.06. The zero-order chi connectivity index (χ0) is 9.83. The van der Waals surface area contributed by atoms with Gasteiger partial charge in [0.2, 0.25) is 6.54 Å². The first-order valence-electron chi connectivity index (χ1n) is 4.28. The van der Waals surface area contributed by atoms with Crippen LogP contribution in [0.5, 0.6) is 0 Å². The summed E-state index contributed by atoms with van der Waals surface area (Å²) < 4.78 is 5.76. The third-order valence-electron chi connectivity index (χ3n) is 2.47. The molecule has 0 saturated heterocycles. The lowest BCUT2D eigenvalue weighted by Crippen LogP contribution is -2.41. The highest BCUT2D eigenvalue weighted by Gasteiger charge is 2.37. The predicted octanol–water partition coefficient (Wildman–Crippen LogP) is 2.93. The molecule has 3 heteroatoms. The average Bonchev–Trinajstić information content (AvgIpc) is 1.85. The average molecular weight is 185 g/mol. The van der Waals surface area contributed by atoms with E-state index < -0.39 is 8.32 Å². The van der Waals surface area contributed by atoms with Crippen LogP contribution in [0.15, 0.2) is 0 Å². The molecule has 0 aromatic rings. The standard InChI is InChI=1S/C9H19NOSi/c1-9(2,3)12(5,6)11-8-7-10-4/h7-8H2,1-3,5-6H3. The molecule has 0 aromatic carbocycles. The molecule has 0 unspecified atom stereocenters. The van der Waals surface area contributed by atoms with Crippen LogP contribution in [0.25, 0.3) is 4.85 Å². The third kappa shape index (κ3) is 3.38. The van der Waals surface area contributed by atoms with Gasteiger partial charge in [-0.2, -0.15) is 0 Å². The van der Waals surface area contributed by atoms with Crippen molar-refractivity contribution < 1.29 is 4.43 Å². The second-order valence-corrected chi connectivity index (χ2v) is 9.30. The summed E-state index contributed by atoms with van der Waals surface area (Å²) in [6, 6.07) is 0. The van der Waals surface area contributed by atoms with Crippen molar-refractivity contribution >= 4 is 8.32 Å². The van der Waals surface area contributed by atoms with Gasteiger partial charge in [0.25, 0.3) is 0 Å². The van der Waals surface area contributed by atoms with Crippen LogP contribution in [-0.2, 0) is 4.43 Å². The van der Waals surface area contributed by atoms with Gasteiger partial charge in [-0.25, -0.2) is 6.57 Å². The van der Waals surface area contributed by atoms with Gasteiger partial charge in [0.1, 0.15) is 6.61 Å². The van der Waals surface area contributed by atoms with Crippen LogP contribution in [0.2, 0.25) is 18.1 Å². The van der Waals surface area contributed by atoms with Crippen LogP contribution in [0.3, 0.4) is 0 Å². The minimum Gasteiger partial charge on any atom is -0.409 e. The Morgan fingerprint density at radius 3 is 2.17 bits per heavy atom. The second-order valence-electron chi connectivity index (χ2n) is 4.49. The predicted molar refractivity (Wildman–Crippen MR) is 54.6 cm³/mol. The van der Waals surface area contributed by atoms with Gasteiger partial charge in [-0.1, -0.05) is 20.8 Å². The Bertz CT molecular complexity index is 176. The van der Waals surface area contributed by atoms with Gasteiger partial charge >= 0.3 is 0 Å². The summed E-state index contributed by atoms with van der Waals surface area (Å²) >= 11 is 0. The molecule has 12 heavy (non-hydrogen) atoms. The highest BCUT2D eigenvalue weighted by atomic mass is 28.4. The van der Waals surface area contributed by atoms with Crippen molar-refractivity contribution in [3.05, 3.63) is 11.4 Å². The van der Waals surface area contributed by atoms with E-state index in [1.165, 1.54) is 0 Å². The summed E-state index contributed by atoms with van der Waals surface area (Å²) in [5.74, 6) is 0. The molecular formula is C9H19NOSi. The summed E-state index contributed by atoms with van der Waals surface area (Å²) in [6.07, 6.45) is 0.